The number of para-hydroxylation sites is 1. The summed E-state index contributed by atoms with van der Waals surface area (Å²) in [6.07, 6.45) is 1.62. The first kappa shape index (κ1) is 18.7. The van der Waals surface area contributed by atoms with Gasteiger partial charge in [-0.1, -0.05) is 18.2 Å². The Balaban J connectivity index is 1.81. The van der Waals surface area contributed by atoms with Crippen molar-refractivity contribution in [2.75, 3.05) is 23.3 Å². The molecule has 0 fully saturated rings. The highest BCUT2D eigenvalue weighted by Gasteiger charge is 2.16. The molecule has 3 rings (SSSR count). The number of carbonyl (C=O) groups is 1. The molecule has 27 heavy (non-hydrogen) atoms. The molecule has 1 aromatic heterocycles. The third kappa shape index (κ3) is 3.87. The lowest BCUT2D eigenvalue weighted by Crippen LogP contribution is -2.22. The summed E-state index contributed by atoms with van der Waals surface area (Å²) in [5.41, 5.74) is 5.36. The topological polar surface area (TPSA) is 50.2 Å². The molecule has 1 N–H and O–H groups in total. The first-order chi connectivity index (χ1) is 13.0. The van der Waals surface area contributed by atoms with Crippen LogP contribution >= 0.6 is 0 Å². The number of rotatable bonds is 6. The molecule has 0 aliphatic heterocycles. The van der Waals surface area contributed by atoms with E-state index in [1.165, 1.54) is 5.69 Å². The molecule has 0 radical (unpaired) electrons. The van der Waals surface area contributed by atoms with E-state index in [2.05, 4.69) is 41.3 Å². The minimum absolute atomic E-state index is 0.145. The monoisotopic (exact) mass is 362 g/mol. The van der Waals surface area contributed by atoms with Gasteiger partial charge in [-0.3, -0.25) is 4.79 Å². The van der Waals surface area contributed by atoms with Crippen molar-refractivity contribution in [3.63, 3.8) is 0 Å². The number of benzene rings is 2. The van der Waals surface area contributed by atoms with E-state index in [4.69, 9.17) is 0 Å². The predicted octanol–water partition coefficient (Wildman–Crippen LogP) is 4.59. The van der Waals surface area contributed by atoms with Crippen LogP contribution in [0.3, 0.4) is 0 Å². The fourth-order valence-corrected chi connectivity index (χ4v) is 3.23. The van der Waals surface area contributed by atoms with Gasteiger partial charge in [0.05, 0.1) is 23.1 Å². The molecule has 0 spiro atoms. The number of aryl methyl sites for hydroxylation is 1. The average Bonchev–Trinajstić information content (AvgIpc) is 3.07. The minimum Gasteiger partial charge on any atom is -0.372 e. The molecular formula is C22H26N4O. The summed E-state index contributed by atoms with van der Waals surface area (Å²) < 4.78 is 1.78. The number of carbonyl (C=O) groups excluding carboxylic acids is 1. The maximum atomic E-state index is 12.8. The largest absolute Gasteiger partial charge is 0.372 e. The molecule has 0 unspecified atom stereocenters. The molecule has 5 heteroatoms. The van der Waals surface area contributed by atoms with Crippen molar-refractivity contribution in [1.82, 2.24) is 9.78 Å². The maximum Gasteiger partial charge on any atom is 0.259 e. The van der Waals surface area contributed by atoms with Crippen LogP contribution in [0.5, 0.6) is 0 Å². The summed E-state index contributed by atoms with van der Waals surface area (Å²) in [4.78, 5) is 15.1. The number of amides is 1. The number of nitrogens with zero attached hydrogens (tertiary/aromatic N) is 3. The van der Waals surface area contributed by atoms with Crippen LogP contribution < -0.4 is 10.2 Å². The number of nitrogens with one attached hydrogen (secondary N) is 1. The average molecular weight is 362 g/mol. The molecule has 140 valence electrons. The van der Waals surface area contributed by atoms with E-state index in [1.807, 2.05) is 50.2 Å². The Kier molecular flexibility index (Phi) is 5.60. The van der Waals surface area contributed by atoms with E-state index in [1.54, 1.807) is 10.9 Å². The molecule has 1 amide bonds. The number of hydrogen-bond acceptors (Lipinski definition) is 3. The lowest BCUT2D eigenvalue weighted by Gasteiger charge is -2.22. The Morgan fingerprint density at radius 3 is 2.41 bits per heavy atom. The Bertz CT molecular complexity index is 927. The quantitative estimate of drug-likeness (QED) is 0.698. The van der Waals surface area contributed by atoms with Crippen LogP contribution in [0.2, 0.25) is 0 Å². The summed E-state index contributed by atoms with van der Waals surface area (Å²) in [7, 11) is 0. The minimum atomic E-state index is -0.145. The molecule has 0 saturated heterocycles. The van der Waals surface area contributed by atoms with Gasteiger partial charge in [0.25, 0.3) is 5.91 Å². The van der Waals surface area contributed by atoms with Crippen LogP contribution in [-0.4, -0.2) is 28.8 Å². The predicted molar refractivity (Wildman–Crippen MR) is 111 cm³/mol. The highest BCUT2D eigenvalue weighted by atomic mass is 16.1. The third-order valence-electron chi connectivity index (χ3n) is 4.84. The SMILES string of the molecule is CCN(CC)c1ccc(NC(=O)c2cnn(-c3ccccc3)c2C)c(C)c1. The zero-order valence-corrected chi connectivity index (χ0v) is 16.4. The Morgan fingerprint density at radius 2 is 1.78 bits per heavy atom. The lowest BCUT2D eigenvalue weighted by atomic mass is 10.1. The molecule has 0 aliphatic rings. The Morgan fingerprint density at radius 1 is 1.07 bits per heavy atom. The van der Waals surface area contributed by atoms with Gasteiger partial charge in [0.15, 0.2) is 0 Å². The Labute approximate surface area is 160 Å². The number of hydrogen-bond donors (Lipinski definition) is 1. The summed E-state index contributed by atoms with van der Waals surface area (Å²) in [6, 6.07) is 15.9. The van der Waals surface area contributed by atoms with Gasteiger partial charge >= 0.3 is 0 Å². The normalized spacial score (nSPS) is 10.7. The van der Waals surface area contributed by atoms with Gasteiger partial charge in [-0.05, 0) is 63.6 Å². The van der Waals surface area contributed by atoms with Crippen molar-refractivity contribution in [1.29, 1.82) is 0 Å². The Hall–Kier alpha value is -3.08. The van der Waals surface area contributed by atoms with Gasteiger partial charge < -0.3 is 10.2 Å². The molecule has 5 nitrogen and oxygen atoms in total. The summed E-state index contributed by atoms with van der Waals surface area (Å²) >= 11 is 0. The molecule has 3 aromatic rings. The van der Waals surface area contributed by atoms with Crippen LogP contribution in [0.1, 0.15) is 35.5 Å². The fraction of sp³-hybridized carbons (Fsp3) is 0.273. The fourth-order valence-electron chi connectivity index (χ4n) is 3.23. The number of aromatic nitrogens is 2. The third-order valence-corrected chi connectivity index (χ3v) is 4.84. The second-order valence-corrected chi connectivity index (χ2v) is 6.52. The molecule has 0 bridgehead atoms. The van der Waals surface area contributed by atoms with Crippen molar-refractivity contribution < 1.29 is 4.79 Å². The van der Waals surface area contributed by atoms with E-state index in [0.29, 0.717) is 5.56 Å². The van der Waals surface area contributed by atoms with Gasteiger partial charge in [0.1, 0.15) is 0 Å². The van der Waals surface area contributed by atoms with Crippen LogP contribution in [-0.2, 0) is 0 Å². The molecule has 0 aliphatic carbocycles. The summed E-state index contributed by atoms with van der Waals surface area (Å²) in [5, 5.41) is 7.40. The van der Waals surface area contributed by atoms with Crippen molar-refractivity contribution in [3.05, 3.63) is 71.5 Å². The van der Waals surface area contributed by atoms with Crippen molar-refractivity contribution in [2.24, 2.45) is 0 Å². The van der Waals surface area contributed by atoms with Crippen molar-refractivity contribution >= 4 is 17.3 Å². The molecule has 1 heterocycles. The van der Waals surface area contributed by atoms with Crippen LogP contribution in [0.15, 0.2) is 54.7 Å². The van der Waals surface area contributed by atoms with Crippen molar-refractivity contribution in [2.45, 2.75) is 27.7 Å². The van der Waals surface area contributed by atoms with E-state index < -0.39 is 0 Å². The molecule has 2 aromatic carbocycles. The highest BCUT2D eigenvalue weighted by Crippen LogP contribution is 2.24. The second-order valence-electron chi connectivity index (χ2n) is 6.52. The first-order valence-corrected chi connectivity index (χ1v) is 9.32. The molecular weight excluding hydrogens is 336 g/mol. The van der Waals surface area contributed by atoms with Crippen LogP contribution in [0.4, 0.5) is 11.4 Å². The van der Waals surface area contributed by atoms with E-state index in [0.717, 1.165) is 35.7 Å². The number of anilines is 2. The van der Waals surface area contributed by atoms with Gasteiger partial charge in [-0.25, -0.2) is 4.68 Å². The van der Waals surface area contributed by atoms with E-state index in [-0.39, 0.29) is 5.91 Å². The smallest absolute Gasteiger partial charge is 0.259 e. The van der Waals surface area contributed by atoms with Gasteiger partial charge in [-0.2, -0.15) is 5.10 Å². The summed E-state index contributed by atoms with van der Waals surface area (Å²) in [5.74, 6) is -0.145. The maximum absolute atomic E-state index is 12.8. The second kappa shape index (κ2) is 8.08. The van der Waals surface area contributed by atoms with Gasteiger partial charge in [0, 0.05) is 24.5 Å². The van der Waals surface area contributed by atoms with Crippen LogP contribution in [0.25, 0.3) is 5.69 Å². The zero-order valence-electron chi connectivity index (χ0n) is 16.4. The van der Waals surface area contributed by atoms with Crippen molar-refractivity contribution in [3.8, 4) is 5.69 Å². The van der Waals surface area contributed by atoms with Gasteiger partial charge in [0.2, 0.25) is 0 Å². The molecule has 0 atom stereocenters. The first-order valence-electron chi connectivity index (χ1n) is 9.32. The van der Waals surface area contributed by atoms with Crippen LogP contribution in [0, 0.1) is 13.8 Å². The zero-order chi connectivity index (χ0) is 19.4. The highest BCUT2D eigenvalue weighted by molar-refractivity contribution is 6.05. The lowest BCUT2D eigenvalue weighted by molar-refractivity contribution is 0.102. The van der Waals surface area contributed by atoms with E-state index in [9.17, 15) is 4.79 Å². The summed E-state index contributed by atoms with van der Waals surface area (Å²) in [6.45, 7) is 10.1. The van der Waals surface area contributed by atoms with E-state index >= 15 is 0 Å². The molecule has 0 saturated carbocycles. The van der Waals surface area contributed by atoms with Gasteiger partial charge in [-0.15, -0.1) is 0 Å². The standard InChI is InChI=1S/C22H26N4O/c1-5-25(6-2)19-12-13-21(16(3)14-19)24-22(27)20-15-23-26(17(20)4)18-10-8-7-9-11-18/h7-15H,5-6H2,1-4H3,(H,24,27).